The fraction of sp³-hybridized carbons (Fsp3) is 0.150. The number of benzene rings is 2. The van der Waals surface area contributed by atoms with Crippen molar-refractivity contribution < 1.29 is 9.72 Å². The molecule has 0 aliphatic carbocycles. The van der Waals surface area contributed by atoms with Crippen LogP contribution in [0.2, 0.25) is 0 Å². The van der Waals surface area contributed by atoms with Gasteiger partial charge in [-0.3, -0.25) is 24.3 Å². The number of hydrogen-bond donors (Lipinski definition) is 1. The molecule has 1 amide bonds. The van der Waals surface area contributed by atoms with Gasteiger partial charge in [-0.25, -0.2) is 4.98 Å². The van der Waals surface area contributed by atoms with Gasteiger partial charge >= 0.3 is 0 Å². The van der Waals surface area contributed by atoms with Gasteiger partial charge in [-0.2, -0.15) is 0 Å². The van der Waals surface area contributed by atoms with Gasteiger partial charge in [0.2, 0.25) is 5.91 Å². The maximum Gasteiger partial charge on any atom is 0.271 e. The zero-order valence-corrected chi connectivity index (χ0v) is 16.4. The lowest BCUT2D eigenvalue weighted by Gasteiger charge is -2.15. The fourth-order valence-electron chi connectivity index (χ4n) is 2.68. The van der Waals surface area contributed by atoms with Crippen LogP contribution in [-0.2, 0) is 11.3 Å². The molecular weight excluding hydrogens is 392 g/mol. The molecule has 0 saturated heterocycles. The quantitative estimate of drug-likeness (QED) is 0.210. The van der Waals surface area contributed by atoms with Gasteiger partial charge in [0, 0.05) is 24.4 Å². The number of carbonyl (C=O) groups excluding carboxylic acids is 1. The molecule has 8 nitrogen and oxygen atoms in total. The third-order valence-corrected chi connectivity index (χ3v) is 5.20. The van der Waals surface area contributed by atoms with Crippen LogP contribution >= 0.6 is 11.8 Å². The van der Waals surface area contributed by atoms with Crippen LogP contribution in [0.25, 0.3) is 10.9 Å². The van der Waals surface area contributed by atoms with Crippen LogP contribution in [0.4, 0.5) is 11.4 Å². The van der Waals surface area contributed by atoms with Crippen LogP contribution in [0.5, 0.6) is 0 Å². The number of anilines is 1. The van der Waals surface area contributed by atoms with E-state index in [1.54, 1.807) is 43.3 Å². The maximum absolute atomic E-state index is 12.8. The zero-order chi connectivity index (χ0) is 21.0. The van der Waals surface area contributed by atoms with E-state index in [0.717, 1.165) is 11.8 Å². The van der Waals surface area contributed by atoms with Crippen LogP contribution < -0.4 is 10.9 Å². The lowest BCUT2D eigenvalue weighted by atomic mass is 10.2. The van der Waals surface area contributed by atoms with E-state index in [-0.39, 0.29) is 23.7 Å². The van der Waals surface area contributed by atoms with Crippen LogP contribution in [0.1, 0.15) is 6.92 Å². The number of carbonyl (C=O) groups is 1. The summed E-state index contributed by atoms with van der Waals surface area (Å²) in [4.78, 5) is 40.3. The standard InChI is InChI=1S/C20H18N4O4S/c1-3-11-23-19(26)16-9-4-5-10-17(16)22-20(23)29-13(2)18(25)21-14-7-6-8-15(12-14)24(27)28/h3-10,12-13H,1,11H2,2H3,(H,21,25)/t13-/m1/s1. The summed E-state index contributed by atoms with van der Waals surface area (Å²) >= 11 is 1.14. The van der Waals surface area contributed by atoms with Crippen LogP contribution in [-0.4, -0.2) is 25.6 Å². The Morgan fingerprint density at radius 1 is 1.34 bits per heavy atom. The third kappa shape index (κ3) is 4.52. The first-order valence-corrected chi connectivity index (χ1v) is 9.61. The summed E-state index contributed by atoms with van der Waals surface area (Å²) < 4.78 is 1.47. The maximum atomic E-state index is 12.8. The third-order valence-electron chi connectivity index (χ3n) is 4.11. The topological polar surface area (TPSA) is 107 Å². The molecule has 0 unspecified atom stereocenters. The average Bonchev–Trinajstić information content (AvgIpc) is 2.71. The second-order valence-corrected chi connectivity index (χ2v) is 7.48. The SMILES string of the molecule is C=CCn1c(S[C@H](C)C(=O)Nc2cccc([N+](=O)[O-])c2)nc2ccccc2c1=O. The van der Waals surface area contributed by atoms with Gasteiger partial charge in [-0.1, -0.05) is 36.0 Å². The van der Waals surface area contributed by atoms with Crippen LogP contribution in [0.3, 0.4) is 0 Å². The van der Waals surface area contributed by atoms with Crippen molar-refractivity contribution in [3.05, 3.63) is 81.7 Å². The number of nitrogens with one attached hydrogen (secondary N) is 1. The van der Waals surface area contributed by atoms with Gasteiger partial charge in [0.15, 0.2) is 5.16 Å². The number of thioether (sulfide) groups is 1. The van der Waals surface area contributed by atoms with Gasteiger partial charge in [-0.15, -0.1) is 6.58 Å². The van der Waals surface area contributed by atoms with E-state index in [9.17, 15) is 19.7 Å². The summed E-state index contributed by atoms with van der Waals surface area (Å²) in [5.74, 6) is -0.358. The van der Waals surface area contributed by atoms with E-state index in [4.69, 9.17) is 0 Å². The summed E-state index contributed by atoms with van der Waals surface area (Å²) in [5.41, 5.74) is 0.557. The molecule has 0 spiro atoms. The van der Waals surface area contributed by atoms with E-state index in [0.29, 0.717) is 21.7 Å². The Labute approximate surface area is 170 Å². The number of allylic oxidation sites excluding steroid dienone is 1. The number of rotatable bonds is 7. The van der Waals surface area contributed by atoms with Crippen molar-refractivity contribution in [3.8, 4) is 0 Å². The number of fused-ring (bicyclic) bond motifs is 1. The molecule has 0 saturated carbocycles. The van der Waals surface area contributed by atoms with Crippen LogP contribution in [0, 0.1) is 10.1 Å². The highest BCUT2D eigenvalue weighted by Crippen LogP contribution is 2.24. The second-order valence-electron chi connectivity index (χ2n) is 6.17. The van der Waals surface area contributed by atoms with Gasteiger partial charge in [-0.05, 0) is 25.1 Å². The lowest BCUT2D eigenvalue weighted by molar-refractivity contribution is -0.384. The molecule has 0 fully saturated rings. The molecule has 1 N–H and O–H groups in total. The minimum Gasteiger partial charge on any atom is -0.325 e. The van der Waals surface area contributed by atoms with Crippen molar-refractivity contribution in [2.75, 3.05) is 5.32 Å². The molecule has 1 aromatic heterocycles. The Bertz CT molecular complexity index is 1160. The van der Waals surface area contributed by atoms with Crippen LogP contribution in [0.15, 0.2) is 71.1 Å². The molecule has 3 aromatic rings. The van der Waals surface area contributed by atoms with E-state index >= 15 is 0 Å². The highest BCUT2D eigenvalue weighted by molar-refractivity contribution is 8.00. The molecular formula is C20H18N4O4S. The van der Waals surface area contributed by atoms with Gasteiger partial charge in [0.1, 0.15) is 0 Å². The summed E-state index contributed by atoms with van der Waals surface area (Å²) in [6.07, 6.45) is 1.59. The molecule has 148 valence electrons. The number of para-hydroxylation sites is 1. The Balaban J connectivity index is 1.86. The zero-order valence-electron chi connectivity index (χ0n) is 15.6. The number of amides is 1. The number of nitro groups is 1. The number of aromatic nitrogens is 2. The Morgan fingerprint density at radius 2 is 2.10 bits per heavy atom. The Kier molecular flexibility index (Phi) is 6.08. The smallest absolute Gasteiger partial charge is 0.271 e. The summed E-state index contributed by atoms with van der Waals surface area (Å²) in [6.45, 7) is 5.62. The molecule has 29 heavy (non-hydrogen) atoms. The van der Waals surface area contributed by atoms with E-state index < -0.39 is 10.2 Å². The molecule has 9 heteroatoms. The number of nitrogens with zero attached hydrogens (tertiary/aromatic N) is 3. The van der Waals surface area contributed by atoms with Gasteiger partial charge < -0.3 is 5.32 Å². The first kappa shape index (κ1) is 20.3. The predicted octanol–water partition coefficient (Wildman–Crippen LogP) is 3.61. The molecule has 2 aromatic carbocycles. The van der Waals surface area contributed by atoms with Crippen molar-refractivity contribution >= 4 is 39.9 Å². The molecule has 0 aliphatic rings. The highest BCUT2D eigenvalue weighted by atomic mass is 32.2. The predicted molar refractivity (Wildman–Crippen MR) is 113 cm³/mol. The number of hydrogen-bond acceptors (Lipinski definition) is 6. The Morgan fingerprint density at radius 3 is 2.83 bits per heavy atom. The molecule has 3 rings (SSSR count). The minimum atomic E-state index is -0.599. The minimum absolute atomic E-state index is 0.112. The molecule has 0 bridgehead atoms. The van der Waals surface area contributed by atoms with Gasteiger partial charge in [0.25, 0.3) is 11.2 Å². The molecule has 0 radical (unpaired) electrons. The molecule has 1 heterocycles. The average molecular weight is 410 g/mol. The summed E-state index contributed by atoms with van der Waals surface area (Å²) in [7, 11) is 0. The first-order chi connectivity index (χ1) is 13.9. The normalized spacial score (nSPS) is 11.8. The largest absolute Gasteiger partial charge is 0.325 e. The monoisotopic (exact) mass is 410 g/mol. The van der Waals surface area contributed by atoms with Crippen molar-refractivity contribution in [3.63, 3.8) is 0 Å². The van der Waals surface area contributed by atoms with Crippen molar-refractivity contribution in [1.29, 1.82) is 0 Å². The number of non-ortho nitro benzene ring substituents is 1. The fourth-order valence-corrected chi connectivity index (χ4v) is 3.60. The van der Waals surface area contributed by atoms with E-state index in [1.807, 2.05) is 0 Å². The van der Waals surface area contributed by atoms with Crippen molar-refractivity contribution in [2.45, 2.75) is 23.9 Å². The lowest BCUT2D eigenvalue weighted by Crippen LogP contribution is -2.26. The van der Waals surface area contributed by atoms with Gasteiger partial charge in [0.05, 0.1) is 21.1 Å². The highest BCUT2D eigenvalue weighted by Gasteiger charge is 2.20. The summed E-state index contributed by atoms with van der Waals surface area (Å²) in [6, 6.07) is 12.7. The van der Waals surface area contributed by atoms with Crippen molar-refractivity contribution in [1.82, 2.24) is 9.55 Å². The molecule has 1 atom stereocenters. The number of nitro benzene ring substituents is 1. The van der Waals surface area contributed by atoms with Crippen molar-refractivity contribution in [2.24, 2.45) is 0 Å². The summed E-state index contributed by atoms with van der Waals surface area (Å²) in [5, 5.41) is 13.8. The Hall–Kier alpha value is -3.46. The second kappa shape index (κ2) is 8.70. The first-order valence-electron chi connectivity index (χ1n) is 8.73. The van der Waals surface area contributed by atoms with E-state index in [1.165, 1.54) is 22.8 Å². The van der Waals surface area contributed by atoms with E-state index in [2.05, 4.69) is 16.9 Å². The molecule has 0 aliphatic heterocycles.